The van der Waals surface area contributed by atoms with Crippen molar-refractivity contribution in [2.45, 2.75) is 25.6 Å². The van der Waals surface area contributed by atoms with Crippen LogP contribution in [-0.2, 0) is 14.3 Å². The molecule has 1 amide bonds. The van der Waals surface area contributed by atoms with Crippen LogP contribution in [-0.4, -0.2) is 49.3 Å². The largest absolute Gasteiger partial charge is 0.368 e. The quantitative estimate of drug-likeness (QED) is 0.636. The van der Waals surface area contributed by atoms with Gasteiger partial charge < -0.3 is 14.4 Å². The number of ether oxygens (including phenoxy) is 2. The van der Waals surface area contributed by atoms with Gasteiger partial charge in [0.2, 0.25) is 0 Å². The molecule has 0 aromatic carbocycles. The lowest BCUT2D eigenvalue weighted by Gasteiger charge is -2.32. The predicted octanol–water partition coefficient (Wildman–Crippen LogP) is 0.162. The van der Waals surface area contributed by atoms with Crippen molar-refractivity contribution >= 4 is 5.91 Å². The van der Waals surface area contributed by atoms with Crippen LogP contribution in [0.25, 0.3) is 0 Å². The number of carbonyl (C=O) groups excluding carboxylic acids is 1. The summed E-state index contributed by atoms with van der Waals surface area (Å²) in [5.41, 5.74) is 0. The molecule has 88 valence electrons. The molecule has 2 fully saturated rings. The zero-order valence-electron chi connectivity index (χ0n) is 9.39. The molecule has 0 saturated carbocycles. The average molecular weight is 224 g/mol. The second kappa shape index (κ2) is 4.81. The minimum absolute atomic E-state index is 0.00792. The molecule has 0 aromatic rings. The number of nitriles is 1. The fourth-order valence-corrected chi connectivity index (χ4v) is 2.12. The molecular weight excluding hydrogens is 208 g/mol. The van der Waals surface area contributed by atoms with Crippen molar-refractivity contribution in [1.82, 2.24) is 4.90 Å². The third-order valence-electron chi connectivity index (χ3n) is 3.15. The Hall–Kier alpha value is -1.12. The highest BCUT2D eigenvalue weighted by Gasteiger charge is 2.35. The van der Waals surface area contributed by atoms with Crippen LogP contribution in [0.4, 0.5) is 0 Å². The van der Waals surface area contributed by atoms with Gasteiger partial charge in [-0.3, -0.25) is 4.79 Å². The van der Waals surface area contributed by atoms with Gasteiger partial charge >= 0.3 is 0 Å². The van der Waals surface area contributed by atoms with Gasteiger partial charge in [-0.25, -0.2) is 0 Å². The summed E-state index contributed by atoms with van der Waals surface area (Å²) in [7, 11) is 0. The summed E-state index contributed by atoms with van der Waals surface area (Å²) >= 11 is 0. The van der Waals surface area contributed by atoms with Crippen molar-refractivity contribution in [2.24, 2.45) is 5.92 Å². The van der Waals surface area contributed by atoms with Crippen LogP contribution in [0.15, 0.2) is 0 Å². The number of hydrogen-bond donors (Lipinski definition) is 0. The standard InChI is InChI=1S/C11H16N2O3/c1-8-2-4-16-10(8)11(14)13-3-5-15-9(6-12)7-13/h8-10H,2-5,7H2,1H3. The minimum atomic E-state index is -0.491. The van der Waals surface area contributed by atoms with E-state index in [4.69, 9.17) is 14.7 Å². The van der Waals surface area contributed by atoms with E-state index >= 15 is 0 Å². The summed E-state index contributed by atoms with van der Waals surface area (Å²) in [5, 5.41) is 8.76. The molecule has 2 aliphatic heterocycles. The smallest absolute Gasteiger partial charge is 0.252 e. The molecule has 5 nitrogen and oxygen atoms in total. The molecule has 2 heterocycles. The second-order valence-corrected chi connectivity index (χ2v) is 4.33. The van der Waals surface area contributed by atoms with Crippen LogP contribution < -0.4 is 0 Å². The van der Waals surface area contributed by atoms with E-state index in [0.29, 0.717) is 26.3 Å². The van der Waals surface area contributed by atoms with Crippen molar-refractivity contribution in [3.8, 4) is 6.07 Å². The van der Waals surface area contributed by atoms with Gasteiger partial charge in [-0.05, 0) is 12.3 Å². The highest BCUT2D eigenvalue weighted by molar-refractivity contribution is 5.81. The Morgan fingerprint density at radius 3 is 2.88 bits per heavy atom. The summed E-state index contributed by atoms with van der Waals surface area (Å²) in [5.74, 6) is 0.282. The van der Waals surface area contributed by atoms with Gasteiger partial charge in [0.05, 0.1) is 19.2 Å². The molecular formula is C11H16N2O3. The Labute approximate surface area is 94.9 Å². The topological polar surface area (TPSA) is 62.6 Å². The van der Waals surface area contributed by atoms with Crippen LogP contribution in [0.5, 0.6) is 0 Å². The molecule has 0 radical (unpaired) electrons. The molecule has 2 aliphatic rings. The van der Waals surface area contributed by atoms with E-state index in [1.165, 1.54) is 0 Å². The Balaban J connectivity index is 1.96. The van der Waals surface area contributed by atoms with E-state index in [1.807, 2.05) is 13.0 Å². The van der Waals surface area contributed by atoms with E-state index in [1.54, 1.807) is 4.90 Å². The predicted molar refractivity (Wildman–Crippen MR) is 55.5 cm³/mol. The molecule has 0 spiro atoms. The SMILES string of the molecule is CC1CCOC1C(=O)N1CCOC(C#N)C1. The summed E-state index contributed by atoms with van der Waals surface area (Å²) in [6.07, 6.45) is 0.120. The molecule has 0 N–H and O–H groups in total. The van der Waals surface area contributed by atoms with E-state index in [-0.39, 0.29) is 17.9 Å². The first kappa shape index (κ1) is 11.4. The number of amides is 1. The van der Waals surface area contributed by atoms with Gasteiger partial charge in [-0.1, -0.05) is 6.92 Å². The van der Waals surface area contributed by atoms with Gasteiger partial charge in [-0.15, -0.1) is 0 Å². The maximum atomic E-state index is 12.1. The van der Waals surface area contributed by atoms with E-state index in [0.717, 1.165) is 6.42 Å². The zero-order valence-corrected chi connectivity index (χ0v) is 9.39. The average Bonchev–Trinajstić information content (AvgIpc) is 2.74. The maximum Gasteiger partial charge on any atom is 0.252 e. The van der Waals surface area contributed by atoms with Crippen LogP contribution in [0.3, 0.4) is 0 Å². The van der Waals surface area contributed by atoms with Crippen LogP contribution >= 0.6 is 0 Å². The fraction of sp³-hybridized carbons (Fsp3) is 0.818. The summed E-state index contributed by atoms with van der Waals surface area (Å²) in [6.45, 7) is 4.04. The second-order valence-electron chi connectivity index (χ2n) is 4.33. The van der Waals surface area contributed by atoms with Crippen molar-refractivity contribution in [1.29, 1.82) is 5.26 Å². The third-order valence-corrected chi connectivity index (χ3v) is 3.15. The van der Waals surface area contributed by atoms with Crippen molar-refractivity contribution in [3.63, 3.8) is 0 Å². The minimum Gasteiger partial charge on any atom is -0.368 e. The number of carbonyl (C=O) groups is 1. The summed E-state index contributed by atoms with van der Waals surface area (Å²) in [6, 6.07) is 2.03. The molecule has 2 saturated heterocycles. The van der Waals surface area contributed by atoms with Crippen LogP contribution in [0.1, 0.15) is 13.3 Å². The molecule has 3 atom stereocenters. The summed E-state index contributed by atoms with van der Waals surface area (Å²) < 4.78 is 10.6. The molecule has 3 unspecified atom stereocenters. The Morgan fingerprint density at radius 1 is 1.44 bits per heavy atom. The molecule has 16 heavy (non-hydrogen) atoms. The first-order chi connectivity index (χ1) is 7.72. The number of nitrogens with zero attached hydrogens (tertiary/aromatic N) is 2. The molecule has 0 bridgehead atoms. The van der Waals surface area contributed by atoms with E-state index in [2.05, 4.69) is 0 Å². The maximum absolute atomic E-state index is 12.1. The van der Waals surface area contributed by atoms with Crippen molar-refractivity contribution in [3.05, 3.63) is 0 Å². The Morgan fingerprint density at radius 2 is 2.25 bits per heavy atom. The van der Waals surface area contributed by atoms with Gasteiger partial charge in [0.1, 0.15) is 6.10 Å². The number of morpholine rings is 1. The lowest BCUT2D eigenvalue weighted by atomic mass is 10.0. The zero-order chi connectivity index (χ0) is 11.5. The Bertz CT molecular complexity index is 313. The summed E-state index contributed by atoms with van der Waals surface area (Å²) in [4.78, 5) is 13.8. The van der Waals surface area contributed by atoms with Gasteiger partial charge in [-0.2, -0.15) is 5.26 Å². The first-order valence-corrected chi connectivity index (χ1v) is 5.64. The highest BCUT2D eigenvalue weighted by Crippen LogP contribution is 2.22. The lowest BCUT2D eigenvalue weighted by Crippen LogP contribution is -2.49. The lowest BCUT2D eigenvalue weighted by molar-refractivity contribution is -0.148. The number of hydrogen-bond acceptors (Lipinski definition) is 4. The van der Waals surface area contributed by atoms with E-state index in [9.17, 15) is 4.79 Å². The monoisotopic (exact) mass is 224 g/mol. The van der Waals surface area contributed by atoms with Gasteiger partial charge in [0.15, 0.2) is 6.10 Å². The highest BCUT2D eigenvalue weighted by atomic mass is 16.5. The molecule has 5 heteroatoms. The molecule has 0 aromatic heterocycles. The van der Waals surface area contributed by atoms with E-state index < -0.39 is 6.10 Å². The van der Waals surface area contributed by atoms with Gasteiger partial charge in [0.25, 0.3) is 5.91 Å². The van der Waals surface area contributed by atoms with Crippen molar-refractivity contribution in [2.75, 3.05) is 26.3 Å². The third kappa shape index (κ3) is 2.18. The molecule has 0 aliphatic carbocycles. The number of rotatable bonds is 1. The normalized spacial score (nSPS) is 34.8. The fourth-order valence-electron chi connectivity index (χ4n) is 2.12. The molecule has 2 rings (SSSR count). The van der Waals surface area contributed by atoms with Crippen LogP contribution in [0, 0.1) is 17.2 Å². The van der Waals surface area contributed by atoms with Gasteiger partial charge in [0, 0.05) is 13.2 Å². The first-order valence-electron chi connectivity index (χ1n) is 5.64. The van der Waals surface area contributed by atoms with Crippen molar-refractivity contribution < 1.29 is 14.3 Å². The Kier molecular flexibility index (Phi) is 3.42. The van der Waals surface area contributed by atoms with Crippen LogP contribution in [0.2, 0.25) is 0 Å².